The van der Waals surface area contributed by atoms with Crippen LogP contribution in [0, 0.1) is 23.3 Å². The van der Waals surface area contributed by atoms with E-state index in [1.54, 1.807) is 12.1 Å². The molecule has 1 heterocycles. The van der Waals surface area contributed by atoms with Crippen molar-refractivity contribution in [3.8, 4) is 22.4 Å². The van der Waals surface area contributed by atoms with E-state index in [1.807, 2.05) is 70.2 Å². The molecule has 0 saturated carbocycles. The average Bonchev–Trinajstić information content (AvgIpc) is 3.07. The van der Waals surface area contributed by atoms with E-state index < -0.39 is 20.2 Å². The number of pyridine rings is 1. The third-order valence-electron chi connectivity index (χ3n) is 9.40. The second kappa shape index (κ2) is 19.0. The Hall–Kier alpha value is -3.33. The molecule has 4 rings (SSSR count). The Balaban J connectivity index is 0.000000536. The number of aromatic nitrogens is 1. The van der Waals surface area contributed by atoms with Gasteiger partial charge in [0.15, 0.2) is 5.78 Å². The molecular weight excluding hydrogens is 888 g/mol. The van der Waals surface area contributed by atoms with Crippen LogP contribution in [-0.4, -0.2) is 29.8 Å². The number of alkyl halides is 3. The van der Waals surface area contributed by atoms with Crippen LogP contribution in [0.2, 0.25) is 0 Å². The minimum absolute atomic E-state index is 0. The maximum atomic E-state index is 13.6. The van der Waals surface area contributed by atoms with Gasteiger partial charge in [0.2, 0.25) is 0 Å². The number of hydrogen-bond acceptors (Lipinski definition) is 5. The Morgan fingerprint density at radius 1 is 0.852 bits per heavy atom. The predicted molar refractivity (Wildman–Crippen MR) is 210 cm³/mol. The zero-order valence-corrected chi connectivity index (χ0v) is 36.3. The molecule has 5 nitrogen and oxygen atoms in total. The van der Waals surface area contributed by atoms with Gasteiger partial charge >= 0.3 is 5.51 Å². The number of carbonyl (C=O) groups excluding carboxylic acids is 1. The first-order valence-electron chi connectivity index (χ1n) is 18.4. The molecule has 10 heteroatoms. The van der Waals surface area contributed by atoms with Crippen LogP contribution in [0.5, 0.6) is 0 Å². The smallest absolute Gasteiger partial charge is 0.501 e. The molecule has 0 unspecified atom stereocenters. The van der Waals surface area contributed by atoms with Gasteiger partial charge < -0.3 is 5.11 Å². The molecular formula is C44H55F3IrNO4S-. The fraction of sp³-hybridized carbons (Fsp3) is 0.455. The topological polar surface area (TPSA) is 84.3 Å². The van der Waals surface area contributed by atoms with Gasteiger partial charge in [0.25, 0.3) is 9.84 Å². The number of benzene rings is 3. The van der Waals surface area contributed by atoms with Gasteiger partial charge in [-0.2, -0.15) is 13.2 Å². The van der Waals surface area contributed by atoms with Crippen LogP contribution >= 0.6 is 0 Å². The third kappa shape index (κ3) is 11.8. The van der Waals surface area contributed by atoms with Crippen molar-refractivity contribution < 1.29 is 51.6 Å². The van der Waals surface area contributed by atoms with Gasteiger partial charge in [0.05, 0.1) is 5.76 Å². The molecule has 0 aliphatic rings. The van der Waals surface area contributed by atoms with Crippen molar-refractivity contribution in [3.05, 3.63) is 95.9 Å². The number of halogens is 3. The maximum Gasteiger partial charge on any atom is 0.501 e. The van der Waals surface area contributed by atoms with Crippen LogP contribution in [0.1, 0.15) is 106 Å². The van der Waals surface area contributed by atoms with Crippen molar-refractivity contribution in [1.82, 2.24) is 4.98 Å². The molecule has 1 N–H and O–H groups in total. The van der Waals surface area contributed by atoms with Crippen LogP contribution in [0.4, 0.5) is 13.2 Å². The number of nitrogens with zero attached hydrogens (tertiary/aromatic N) is 1. The Bertz CT molecular complexity index is 2000. The van der Waals surface area contributed by atoms with Gasteiger partial charge in [0.1, 0.15) is 4.90 Å². The minimum atomic E-state index is -5.63. The quantitative estimate of drug-likeness (QED) is 0.0920. The van der Waals surface area contributed by atoms with Crippen molar-refractivity contribution in [3.63, 3.8) is 0 Å². The summed E-state index contributed by atoms with van der Waals surface area (Å²) < 4.78 is 66.0. The number of allylic oxidation sites excluding steroid dienone is 2. The summed E-state index contributed by atoms with van der Waals surface area (Å²) in [6, 6.07) is 21.4. The van der Waals surface area contributed by atoms with Crippen molar-refractivity contribution in [2.75, 3.05) is 0 Å². The monoisotopic (exact) mass is 943 g/mol. The van der Waals surface area contributed by atoms with Crippen LogP contribution in [0.25, 0.3) is 33.2 Å². The molecule has 0 spiro atoms. The fourth-order valence-corrected chi connectivity index (χ4v) is 7.24. The van der Waals surface area contributed by atoms with Crippen molar-refractivity contribution >= 4 is 26.4 Å². The number of carbonyl (C=O) groups is 1. The number of ketones is 1. The second-order valence-corrected chi connectivity index (χ2v) is 17.7. The fourth-order valence-electron chi connectivity index (χ4n) is 6.34. The molecule has 0 amide bonds. The molecule has 0 aliphatic heterocycles. The molecule has 4 aromatic rings. The Kier molecular flexibility index (Phi) is 16.5. The summed E-state index contributed by atoms with van der Waals surface area (Å²) >= 11 is 0. The molecule has 3 aromatic carbocycles. The molecule has 54 heavy (non-hydrogen) atoms. The largest absolute Gasteiger partial charge is 0.512 e. The van der Waals surface area contributed by atoms with Gasteiger partial charge in [-0.1, -0.05) is 129 Å². The summed E-state index contributed by atoms with van der Waals surface area (Å²) in [7, 11) is -5.63. The number of fused-ring (bicyclic) bond motifs is 1. The Morgan fingerprint density at radius 3 is 1.91 bits per heavy atom. The molecule has 1 radical (unpaired) electrons. The van der Waals surface area contributed by atoms with Crippen LogP contribution in [0.15, 0.2) is 83.6 Å². The summed E-state index contributed by atoms with van der Waals surface area (Å²) in [5.74, 6) is 0.547. The second-order valence-electron chi connectivity index (χ2n) is 15.8. The number of sulfone groups is 1. The number of aliphatic hydroxyl groups is 1. The molecule has 0 atom stereocenters. The zero-order valence-electron chi connectivity index (χ0n) is 33.1. The summed E-state index contributed by atoms with van der Waals surface area (Å²) in [6.07, 6.45) is 6.49. The van der Waals surface area contributed by atoms with E-state index in [0.717, 1.165) is 60.2 Å². The standard InChI is InChI=1S/C31H31F3NO2S.C13H24O2.Ir/c1-29(2,3)18-20-11-13-21(14-12-20)25-17-27(35-19-28(25)38(36,37)31(32,33)34)23-15-22-9-7-8-10-24(22)26(16-23)30(4,5)6;1-5-10(6-2)12(14)9-13(15)11(7-3)8-4;/h7-14,16-17,19H,18H2,1-6H3;9-11,14H,5-8H2,1-4H3;/q-1;;/b;12-9-;. The van der Waals surface area contributed by atoms with E-state index in [1.165, 1.54) is 12.1 Å². The van der Waals surface area contributed by atoms with E-state index in [-0.39, 0.29) is 59.9 Å². The van der Waals surface area contributed by atoms with E-state index >= 15 is 0 Å². The molecule has 0 aliphatic carbocycles. The minimum Gasteiger partial charge on any atom is -0.512 e. The number of aliphatic hydroxyl groups excluding tert-OH is 1. The van der Waals surface area contributed by atoms with Crippen LogP contribution in [0.3, 0.4) is 0 Å². The van der Waals surface area contributed by atoms with Crippen molar-refractivity contribution in [1.29, 1.82) is 0 Å². The molecule has 0 bridgehead atoms. The molecule has 0 fully saturated rings. The predicted octanol–water partition coefficient (Wildman–Crippen LogP) is 12.4. The Labute approximate surface area is 334 Å². The summed E-state index contributed by atoms with van der Waals surface area (Å²) in [6.45, 7) is 20.6. The SMILES string of the molecule is CC(C)(C)Cc1ccc(-c2cc(-c3[c-]c4ccccc4c(C(C)(C)C)c3)ncc2S(=O)(=O)C(F)(F)F)cc1.CCC(CC)C(=O)/C=C(\O)C(CC)CC.[Ir]. The van der Waals surface area contributed by atoms with Gasteiger partial charge in [-0.25, -0.2) is 8.42 Å². The van der Waals surface area contributed by atoms with E-state index in [4.69, 9.17) is 0 Å². The number of rotatable bonds is 11. The van der Waals surface area contributed by atoms with Gasteiger partial charge in [0, 0.05) is 49.9 Å². The van der Waals surface area contributed by atoms with Crippen molar-refractivity contribution in [2.45, 2.75) is 117 Å². The molecule has 1 aromatic heterocycles. The Morgan fingerprint density at radius 2 is 1.41 bits per heavy atom. The summed E-state index contributed by atoms with van der Waals surface area (Å²) in [5, 5.41) is 11.6. The first-order valence-corrected chi connectivity index (χ1v) is 19.9. The van der Waals surface area contributed by atoms with E-state index in [0.29, 0.717) is 16.8 Å². The van der Waals surface area contributed by atoms with Gasteiger partial charge in [-0.3, -0.25) is 9.78 Å². The van der Waals surface area contributed by atoms with Crippen molar-refractivity contribution in [2.24, 2.45) is 17.3 Å². The first kappa shape index (κ1) is 46.8. The third-order valence-corrected chi connectivity index (χ3v) is 10.9. The average molecular weight is 943 g/mol. The zero-order chi connectivity index (χ0) is 39.9. The normalized spacial score (nSPS) is 12.8. The number of hydrogen-bond donors (Lipinski definition) is 1. The molecule has 297 valence electrons. The van der Waals surface area contributed by atoms with Gasteiger partial charge in [-0.15, -0.1) is 29.1 Å². The van der Waals surface area contributed by atoms with Gasteiger partial charge in [-0.05, 0) is 59.6 Å². The summed E-state index contributed by atoms with van der Waals surface area (Å²) in [4.78, 5) is 15.0. The van der Waals surface area contributed by atoms with E-state index in [2.05, 4.69) is 52.6 Å². The van der Waals surface area contributed by atoms with Crippen LogP contribution < -0.4 is 0 Å². The first-order chi connectivity index (χ1) is 24.6. The van der Waals surface area contributed by atoms with Crippen LogP contribution in [-0.2, 0) is 46.6 Å². The maximum absolute atomic E-state index is 13.6. The van der Waals surface area contributed by atoms with E-state index in [9.17, 15) is 31.5 Å². The molecule has 0 saturated heterocycles. The summed E-state index contributed by atoms with van der Waals surface area (Å²) in [5.41, 5.74) is -2.38.